The van der Waals surface area contributed by atoms with Crippen LogP contribution in [0.2, 0.25) is 0 Å². The fourth-order valence-electron chi connectivity index (χ4n) is 6.38. The van der Waals surface area contributed by atoms with Gasteiger partial charge >= 0.3 is 5.97 Å². The Kier molecular flexibility index (Phi) is 9.62. The molecule has 0 unspecified atom stereocenters. The molecule has 3 aromatic rings. The molecule has 0 aliphatic carbocycles. The van der Waals surface area contributed by atoms with Crippen molar-refractivity contribution < 1.29 is 36.9 Å². The van der Waals surface area contributed by atoms with Crippen LogP contribution in [-0.2, 0) is 35.6 Å². The first kappa shape index (κ1) is 32.3. The van der Waals surface area contributed by atoms with E-state index in [4.69, 9.17) is 14.2 Å². The second-order valence-corrected chi connectivity index (χ2v) is 14.0. The number of ether oxygens (including phenoxy) is 3. The van der Waals surface area contributed by atoms with Crippen molar-refractivity contribution in [2.24, 2.45) is 0 Å². The van der Waals surface area contributed by atoms with Crippen molar-refractivity contribution in [2.45, 2.75) is 82.3 Å². The number of benzene rings is 2. The molecule has 0 radical (unpaired) electrons. The van der Waals surface area contributed by atoms with Crippen LogP contribution in [0.5, 0.6) is 0 Å². The molecule has 2 aliphatic heterocycles. The summed E-state index contributed by atoms with van der Waals surface area (Å²) in [6, 6.07) is 15.4. The van der Waals surface area contributed by atoms with Crippen LogP contribution in [0.3, 0.4) is 0 Å². The first-order valence-corrected chi connectivity index (χ1v) is 16.5. The number of morpholine rings is 1. The van der Waals surface area contributed by atoms with Crippen molar-refractivity contribution in [3.05, 3.63) is 66.1 Å². The summed E-state index contributed by atoms with van der Waals surface area (Å²) in [5.74, 6) is -2.41. The molecule has 11 heteroatoms. The van der Waals surface area contributed by atoms with E-state index >= 15 is 0 Å². The van der Waals surface area contributed by atoms with Gasteiger partial charge in [-0.05, 0) is 61.6 Å². The predicted molar refractivity (Wildman–Crippen MR) is 164 cm³/mol. The van der Waals surface area contributed by atoms with Crippen LogP contribution >= 0.6 is 0 Å². The fourth-order valence-corrected chi connectivity index (χ4v) is 8.22. The summed E-state index contributed by atoms with van der Waals surface area (Å²) in [5.41, 5.74) is 3.32. The fraction of sp³-hybridized carbons (Fsp3) is 0.485. The highest BCUT2D eigenvalue weighted by molar-refractivity contribution is 7.89. The third-order valence-corrected chi connectivity index (χ3v) is 10.0. The maximum Gasteiger partial charge on any atom is 0.305 e. The number of rotatable bonds is 10. The standard InChI is InChI=1S/C33H41FN2O7S/c1-22(2)30-29(23-8-6-5-7-9-23)32(44(39,40)35-16-18-41-19-17-35)31(24-10-12-25(34)13-11-24)36(30)15-14-26-20-27(21-28(37)38)43-33(3,4)42-26/h5-13,22,26-27H,14-21H2,1-4H3,(H,37,38)/t26-,27-/m1/s1. The molecule has 0 bridgehead atoms. The monoisotopic (exact) mass is 628 g/mol. The number of hydrogen-bond acceptors (Lipinski definition) is 6. The Balaban J connectivity index is 1.70. The van der Waals surface area contributed by atoms with E-state index in [1.165, 1.54) is 16.4 Å². The lowest BCUT2D eigenvalue weighted by Crippen LogP contribution is -2.45. The molecule has 5 rings (SSSR count). The van der Waals surface area contributed by atoms with Gasteiger partial charge in [0.2, 0.25) is 10.0 Å². The van der Waals surface area contributed by atoms with E-state index in [2.05, 4.69) is 0 Å². The van der Waals surface area contributed by atoms with Crippen molar-refractivity contribution >= 4 is 16.0 Å². The molecular formula is C33H41FN2O7S. The molecule has 2 aliphatic rings. The van der Waals surface area contributed by atoms with Crippen LogP contribution in [-0.4, -0.2) is 72.7 Å². The van der Waals surface area contributed by atoms with Gasteiger partial charge in [0, 0.05) is 37.3 Å². The number of hydrogen-bond donors (Lipinski definition) is 1. The molecule has 1 N–H and O–H groups in total. The Hall–Kier alpha value is -3.09. The van der Waals surface area contributed by atoms with Gasteiger partial charge in [0.05, 0.1) is 37.5 Å². The van der Waals surface area contributed by atoms with E-state index in [1.807, 2.05) is 48.7 Å². The van der Waals surface area contributed by atoms with E-state index < -0.39 is 33.7 Å². The zero-order valence-electron chi connectivity index (χ0n) is 25.7. The Bertz CT molecular complexity index is 1560. The molecule has 2 fully saturated rings. The molecule has 2 saturated heterocycles. The van der Waals surface area contributed by atoms with E-state index in [-0.39, 0.29) is 36.4 Å². The summed E-state index contributed by atoms with van der Waals surface area (Å²) in [5, 5.41) is 9.41. The molecule has 9 nitrogen and oxygen atoms in total. The minimum atomic E-state index is -4.03. The highest BCUT2D eigenvalue weighted by Gasteiger charge is 2.39. The quantitative estimate of drug-likeness (QED) is 0.299. The molecule has 2 atom stereocenters. The molecule has 3 heterocycles. The van der Waals surface area contributed by atoms with Crippen molar-refractivity contribution in [3.8, 4) is 22.4 Å². The summed E-state index contributed by atoms with van der Waals surface area (Å²) in [4.78, 5) is 11.7. The number of carboxylic acids is 1. The highest BCUT2D eigenvalue weighted by Crippen LogP contribution is 2.45. The summed E-state index contributed by atoms with van der Waals surface area (Å²) < 4.78 is 64.6. The van der Waals surface area contributed by atoms with E-state index in [0.29, 0.717) is 49.4 Å². The van der Waals surface area contributed by atoms with Crippen LogP contribution in [0, 0.1) is 5.82 Å². The van der Waals surface area contributed by atoms with Gasteiger partial charge in [0.1, 0.15) is 10.7 Å². The Labute approximate surface area is 258 Å². The number of halogens is 1. The lowest BCUT2D eigenvalue weighted by molar-refractivity contribution is -0.300. The second-order valence-electron chi connectivity index (χ2n) is 12.1. The smallest absolute Gasteiger partial charge is 0.305 e. The van der Waals surface area contributed by atoms with Crippen LogP contribution in [0.15, 0.2) is 59.5 Å². The SMILES string of the molecule is CC(C)c1c(-c2ccccc2)c(S(=O)(=O)N2CCOCC2)c(-c2ccc(F)cc2)n1CC[C@@H]1C[C@H](CC(=O)O)OC(C)(C)O1. The topological polar surface area (TPSA) is 107 Å². The zero-order valence-corrected chi connectivity index (χ0v) is 26.5. The Morgan fingerprint density at radius 3 is 2.25 bits per heavy atom. The van der Waals surface area contributed by atoms with Crippen LogP contribution in [0.1, 0.15) is 58.6 Å². The van der Waals surface area contributed by atoms with Crippen molar-refractivity contribution in [2.75, 3.05) is 26.3 Å². The average Bonchev–Trinajstić information content (AvgIpc) is 3.32. The number of sulfonamides is 1. The van der Waals surface area contributed by atoms with Crippen LogP contribution in [0.4, 0.5) is 4.39 Å². The largest absolute Gasteiger partial charge is 0.481 e. The van der Waals surface area contributed by atoms with Gasteiger partial charge in [0.15, 0.2) is 5.79 Å². The molecule has 0 saturated carbocycles. The van der Waals surface area contributed by atoms with Gasteiger partial charge in [-0.2, -0.15) is 4.31 Å². The molecule has 44 heavy (non-hydrogen) atoms. The third kappa shape index (κ3) is 6.92. The number of aliphatic carboxylic acids is 1. The molecule has 2 aromatic carbocycles. The van der Waals surface area contributed by atoms with Gasteiger partial charge in [0.25, 0.3) is 0 Å². The van der Waals surface area contributed by atoms with Crippen LogP contribution in [0.25, 0.3) is 22.4 Å². The van der Waals surface area contributed by atoms with Gasteiger partial charge in [-0.25, -0.2) is 12.8 Å². The van der Waals surface area contributed by atoms with Gasteiger partial charge in [-0.1, -0.05) is 44.2 Å². The average molecular weight is 629 g/mol. The summed E-state index contributed by atoms with van der Waals surface area (Å²) >= 11 is 0. The molecular weight excluding hydrogens is 587 g/mol. The van der Waals surface area contributed by atoms with E-state index in [0.717, 1.165) is 11.3 Å². The lowest BCUT2D eigenvalue weighted by atomic mass is 9.99. The molecule has 0 amide bonds. The van der Waals surface area contributed by atoms with E-state index in [1.54, 1.807) is 26.0 Å². The molecule has 1 aromatic heterocycles. The van der Waals surface area contributed by atoms with Gasteiger partial charge in [-0.3, -0.25) is 4.79 Å². The number of carboxylic acid groups (broad SMARTS) is 1. The second kappa shape index (κ2) is 13.1. The molecule has 238 valence electrons. The number of nitrogens with zero attached hydrogens (tertiary/aromatic N) is 2. The summed E-state index contributed by atoms with van der Waals surface area (Å²) in [6.45, 7) is 9.08. The summed E-state index contributed by atoms with van der Waals surface area (Å²) in [6.07, 6.45) is -0.0956. The van der Waals surface area contributed by atoms with Gasteiger partial charge < -0.3 is 23.9 Å². The zero-order chi connectivity index (χ0) is 31.6. The first-order valence-electron chi connectivity index (χ1n) is 15.1. The predicted octanol–water partition coefficient (Wildman–Crippen LogP) is 5.88. The van der Waals surface area contributed by atoms with E-state index in [9.17, 15) is 22.7 Å². The molecule has 0 spiro atoms. The lowest BCUT2D eigenvalue weighted by Gasteiger charge is -2.40. The minimum absolute atomic E-state index is 0.0788. The van der Waals surface area contributed by atoms with Crippen molar-refractivity contribution in [1.82, 2.24) is 8.87 Å². The first-order chi connectivity index (χ1) is 20.9. The van der Waals surface area contributed by atoms with Crippen molar-refractivity contribution in [1.29, 1.82) is 0 Å². The Morgan fingerprint density at radius 1 is 1.00 bits per heavy atom. The highest BCUT2D eigenvalue weighted by atomic mass is 32.2. The van der Waals surface area contributed by atoms with Gasteiger partial charge in [-0.15, -0.1) is 0 Å². The number of carbonyl (C=O) groups is 1. The maximum atomic E-state index is 14.7. The maximum absolute atomic E-state index is 14.7. The normalized spacial score (nSPS) is 21.0. The van der Waals surface area contributed by atoms with Crippen LogP contribution < -0.4 is 0 Å². The Morgan fingerprint density at radius 2 is 1.64 bits per heavy atom. The third-order valence-electron chi connectivity index (χ3n) is 8.06. The summed E-state index contributed by atoms with van der Waals surface area (Å²) in [7, 11) is -4.03. The van der Waals surface area contributed by atoms with Crippen molar-refractivity contribution in [3.63, 3.8) is 0 Å². The number of aromatic nitrogens is 1. The minimum Gasteiger partial charge on any atom is -0.481 e.